The van der Waals surface area contributed by atoms with Crippen molar-refractivity contribution >= 4 is 11.7 Å². The topological polar surface area (TPSA) is 38.3 Å². The largest absolute Gasteiger partial charge is 0.469 e. The van der Waals surface area contributed by atoms with Crippen LogP contribution in [0.15, 0.2) is 18.2 Å². The van der Waals surface area contributed by atoms with Gasteiger partial charge in [-0.2, -0.15) is 0 Å². The van der Waals surface area contributed by atoms with Gasteiger partial charge in [-0.05, 0) is 19.1 Å². The van der Waals surface area contributed by atoms with Gasteiger partial charge in [-0.3, -0.25) is 4.79 Å². The predicted molar refractivity (Wildman–Crippen MR) is 56.3 cm³/mol. The smallest absolute Gasteiger partial charge is 0.307 e. The van der Waals surface area contributed by atoms with E-state index in [0.717, 1.165) is 0 Å². The zero-order valence-electron chi connectivity index (χ0n) is 8.84. The molecule has 0 amide bonds. The molecular formula is C11H14FNO2. The fourth-order valence-corrected chi connectivity index (χ4v) is 1.20. The molecule has 0 radical (unpaired) electrons. The number of anilines is 1. The van der Waals surface area contributed by atoms with E-state index in [0.29, 0.717) is 17.8 Å². The first kappa shape index (κ1) is 11.5. The van der Waals surface area contributed by atoms with Crippen molar-refractivity contribution in [2.45, 2.75) is 13.3 Å². The lowest BCUT2D eigenvalue weighted by atomic mass is 10.2. The van der Waals surface area contributed by atoms with Crippen LogP contribution in [0.2, 0.25) is 0 Å². The van der Waals surface area contributed by atoms with Crippen LogP contribution < -0.4 is 5.32 Å². The van der Waals surface area contributed by atoms with E-state index in [1.807, 2.05) is 0 Å². The lowest BCUT2D eigenvalue weighted by Crippen LogP contribution is -2.10. The lowest BCUT2D eigenvalue weighted by Gasteiger charge is -2.08. The van der Waals surface area contributed by atoms with Gasteiger partial charge in [-0.25, -0.2) is 4.39 Å². The van der Waals surface area contributed by atoms with Crippen molar-refractivity contribution in [3.05, 3.63) is 29.6 Å². The Bertz CT molecular complexity index is 352. The summed E-state index contributed by atoms with van der Waals surface area (Å²) in [6.07, 6.45) is 0.270. The number of hydrogen-bond donors (Lipinski definition) is 1. The van der Waals surface area contributed by atoms with Gasteiger partial charge in [0.15, 0.2) is 0 Å². The van der Waals surface area contributed by atoms with E-state index >= 15 is 0 Å². The highest BCUT2D eigenvalue weighted by atomic mass is 19.1. The quantitative estimate of drug-likeness (QED) is 0.775. The Labute approximate surface area is 88.2 Å². The number of benzene rings is 1. The molecule has 1 aromatic rings. The lowest BCUT2D eigenvalue weighted by molar-refractivity contribution is -0.140. The van der Waals surface area contributed by atoms with Crippen LogP contribution in [0.1, 0.15) is 12.0 Å². The molecule has 3 nitrogen and oxygen atoms in total. The highest BCUT2D eigenvalue weighted by molar-refractivity contribution is 5.70. The molecule has 0 bridgehead atoms. The number of rotatable bonds is 4. The van der Waals surface area contributed by atoms with Gasteiger partial charge in [0.25, 0.3) is 0 Å². The van der Waals surface area contributed by atoms with Gasteiger partial charge < -0.3 is 10.1 Å². The Balaban J connectivity index is 2.51. The molecule has 0 aliphatic rings. The molecule has 0 aromatic heterocycles. The number of esters is 1. The van der Waals surface area contributed by atoms with Crippen LogP contribution >= 0.6 is 0 Å². The monoisotopic (exact) mass is 211 g/mol. The van der Waals surface area contributed by atoms with E-state index in [4.69, 9.17) is 0 Å². The standard InChI is InChI=1S/C11H14FNO2/c1-8-9(12)4-3-5-10(8)13-7-6-11(14)15-2/h3-5,13H,6-7H2,1-2H3. The summed E-state index contributed by atoms with van der Waals surface area (Å²) in [5, 5.41) is 2.98. The summed E-state index contributed by atoms with van der Waals surface area (Å²) in [7, 11) is 1.34. The van der Waals surface area contributed by atoms with Gasteiger partial charge in [0, 0.05) is 17.8 Å². The van der Waals surface area contributed by atoms with E-state index in [2.05, 4.69) is 10.1 Å². The molecule has 1 rings (SSSR count). The molecule has 0 unspecified atom stereocenters. The van der Waals surface area contributed by atoms with Gasteiger partial charge >= 0.3 is 5.97 Å². The van der Waals surface area contributed by atoms with Crippen LogP contribution in [0.25, 0.3) is 0 Å². The maximum Gasteiger partial charge on any atom is 0.307 e. The van der Waals surface area contributed by atoms with Crippen LogP contribution in [0.5, 0.6) is 0 Å². The van der Waals surface area contributed by atoms with E-state index in [-0.39, 0.29) is 18.2 Å². The first-order valence-corrected chi connectivity index (χ1v) is 4.71. The molecule has 1 aromatic carbocycles. The zero-order chi connectivity index (χ0) is 11.3. The molecule has 0 saturated carbocycles. The fourth-order valence-electron chi connectivity index (χ4n) is 1.20. The number of halogens is 1. The van der Waals surface area contributed by atoms with Crippen LogP contribution in [0.3, 0.4) is 0 Å². The summed E-state index contributed by atoms with van der Waals surface area (Å²) in [6.45, 7) is 2.13. The number of carbonyl (C=O) groups is 1. The number of ether oxygens (including phenoxy) is 1. The normalized spacial score (nSPS) is 9.80. The van der Waals surface area contributed by atoms with E-state index < -0.39 is 0 Å². The Morgan fingerprint density at radius 3 is 2.93 bits per heavy atom. The van der Waals surface area contributed by atoms with Gasteiger partial charge in [0.05, 0.1) is 13.5 Å². The highest BCUT2D eigenvalue weighted by Crippen LogP contribution is 2.16. The second-order valence-electron chi connectivity index (χ2n) is 3.17. The summed E-state index contributed by atoms with van der Waals surface area (Å²) in [5.41, 5.74) is 1.27. The minimum atomic E-state index is -0.281. The Kier molecular flexibility index (Phi) is 4.09. The van der Waals surface area contributed by atoms with Crippen LogP contribution in [0.4, 0.5) is 10.1 Å². The minimum Gasteiger partial charge on any atom is -0.469 e. The van der Waals surface area contributed by atoms with Crippen molar-refractivity contribution in [3.8, 4) is 0 Å². The Hall–Kier alpha value is -1.58. The van der Waals surface area contributed by atoms with Crippen molar-refractivity contribution in [1.29, 1.82) is 0 Å². The summed E-state index contributed by atoms with van der Waals surface area (Å²) >= 11 is 0. The Morgan fingerprint density at radius 2 is 2.27 bits per heavy atom. The average Bonchev–Trinajstić information content (AvgIpc) is 2.24. The Morgan fingerprint density at radius 1 is 1.53 bits per heavy atom. The SMILES string of the molecule is COC(=O)CCNc1cccc(F)c1C. The molecular weight excluding hydrogens is 197 g/mol. The maximum absolute atomic E-state index is 13.1. The predicted octanol–water partition coefficient (Wildman–Crippen LogP) is 2.11. The second kappa shape index (κ2) is 5.34. The van der Waals surface area contributed by atoms with E-state index in [1.165, 1.54) is 13.2 Å². The summed E-state index contributed by atoms with van der Waals surface area (Å²) in [6, 6.07) is 4.80. The third-order valence-corrected chi connectivity index (χ3v) is 2.14. The summed E-state index contributed by atoms with van der Waals surface area (Å²) < 4.78 is 17.6. The van der Waals surface area contributed by atoms with Crippen molar-refractivity contribution in [1.82, 2.24) is 0 Å². The van der Waals surface area contributed by atoms with E-state index in [9.17, 15) is 9.18 Å². The number of hydrogen-bond acceptors (Lipinski definition) is 3. The van der Waals surface area contributed by atoms with Crippen LogP contribution in [-0.4, -0.2) is 19.6 Å². The first-order chi connectivity index (χ1) is 7.15. The molecule has 82 valence electrons. The molecule has 15 heavy (non-hydrogen) atoms. The summed E-state index contributed by atoms with van der Waals surface area (Å²) in [5.74, 6) is -0.533. The zero-order valence-corrected chi connectivity index (χ0v) is 8.84. The second-order valence-corrected chi connectivity index (χ2v) is 3.17. The van der Waals surface area contributed by atoms with Crippen molar-refractivity contribution in [2.75, 3.05) is 19.0 Å². The average molecular weight is 211 g/mol. The van der Waals surface area contributed by atoms with Gasteiger partial charge in [-0.1, -0.05) is 6.07 Å². The van der Waals surface area contributed by atoms with Crippen LogP contribution in [-0.2, 0) is 9.53 Å². The van der Waals surface area contributed by atoms with Gasteiger partial charge in [-0.15, -0.1) is 0 Å². The highest BCUT2D eigenvalue weighted by Gasteiger charge is 2.03. The van der Waals surface area contributed by atoms with Crippen molar-refractivity contribution < 1.29 is 13.9 Å². The van der Waals surface area contributed by atoms with Crippen LogP contribution in [0, 0.1) is 12.7 Å². The molecule has 0 aliphatic carbocycles. The number of carbonyl (C=O) groups excluding carboxylic acids is 1. The van der Waals surface area contributed by atoms with Gasteiger partial charge in [0.2, 0.25) is 0 Å². The third kappa shape index (κ3) is 3.23. The summed E-state index contributed by atoms with van der Waals surface area (Å²) in [4.78, 5) is 10.8. The van der Waals surface area contributed by atoms with Gasteiger partial charge in [0.1, 0.15) is 5.82 Å². The molecule has 0 fully saturated rings. The first-order valence-electron chi connectivity index (χ1n) is 4.71. The maximum atomic E-state index is 13.1. The number of nitrogens with one attached hydrogen (secondary N) is 1. The molecule has 0 atom stereocenters. The molecule has 1 N–H and O–H groups in total. The van der Waals surface area contributed by atoms with Crippen molar-refractivity contribution in [3.63, 3.8) is 0 Å². The fraction of sp³-hybridized carbons (Fsp3) is 0.364. The molecule has 0 saturated heterocycles. The minimum absolute atomic E-state index is 0.252. The molecule has 0 spiro atoms. The number of methoxy groups -OCH3 is 1. The molecule has 0 aliphatic heterocycles. The third-order valence-electron chi connectivity index (χ3n) is 2.14. The molecule has 4 heteroatoms. The van der Waals surface area contributed by atoms with Crippen molar-refractivity contribution in [2.24, 2.45) is 0 Å². The molecule has 0 heterocycles. The van der Waals surface area contributed by atoms with E-state index in [1.54, 1.807) is 19.1 Å².